The van der Waals surface area contributed by atoms with E-state index >= 15 is 0 Å². The van der Waals surface area contributed by atoms with E-state index in [0.717, 1.165) is 26.2 Å². The Hall–Kier alpha value is -1.96. The van der Waals surface area contributed by atoms with E-state index in [-0.39, 0.29) is 11.9 Å². The van der Waals surface area contributed by atoms with Crippen molar-refractivity contribution in [1.29, 1.82) is 0 Å². The zero-order chi connectivity index (χ0) is 18.0. The average molecular weight is 419 g/mol. The van der Waals surface area contributed by atoms with Crippen molar-refractivity contribution in [2.45, 2.75) is 13.0 Å². The van der Waals surface area contributed by atoms with Gasteiger partial charge in [0, 0.05) is 24.0 Å². The highest BCUT2D eigenvalue weighted by Crippen LogP contribution is 2.35. The number of rotatable bonds is 5. The van der Waals surface area contributed by atoms with Crippen molar-refractivity contribution in [3.05, 3.63) is 62.4 Å². The summed E-state index contributed by atoms with van der Waals surface area (Å²) in [6, 6.07) is 11.5. The number of nitrogens with two attached hydrogens (primary N) is 1. The normalized spacial score (nSPS) is 12.2. The number of nitrogens with zero attached hydrogens (tertiary/aromatic N) is 2. The smallest absolute Gasteiger partial charge is 0.261 e. The minimum absolute atomic E-state index is 0.114. The standard InChI is InChI=1S/C18H19BrN4OS/c1-11-13(17-14(19)10-21-23(17)2)8-16(25-11)18(24)22-15(9-20)12-6-4-3-5-7-12/h3-8,10,15H,9,20H2,1-2H3,(H,22,24)/t15-/m1/s1. The zero-order valence-electron chi connectivity index (χ0n) is 14.0. The minimum atomic E-state index is -0.206. The topological polar surface area (TPSA) is 72.9 Å². The van der Waals surface area contributed by atoms with Gasteiger partial charge in [-0.05, 0) is 34.5 Å². The van der Waals surface area contributed by atoms with Gasteiger partial charge in [0.25, 0.3) is 5.91 Å². The predicted octanol–water partition coefficient (Wildman–Crippen LogP) is 3.65. The summed E-state index contributed by atoms with van der Waals surface area (Å²) in [6.45, 7) is 2.36. The van der Waals surface area contributed by atoms with Crippen LogP contribution in [0.4, 0.5) is 0 Å². The van der Waals surface area contributed by atoms with Crippen molar-refractivity contribution >= 4 is 33.2 Å². The number of hydrogen-bond acceptors (Lipinski definition) is 4. The Morgan fingerprint density at radius 1 is 1.40 bits per heavy atom. The SMILES string of the molecule is Cc1sc(C(=O)N[C@H](CN)c2ccccc2)cc1-c1c(Br)cnn1C. The highest BCUT2D eigenvalue weighted by atomic mass is 79.9. The van der Waals surface area contributed by atoms with Crippen LogP contribution >= 0.6 is 27.3 Å². The summed E-state index contributed by atoms with van der Waals surface area (Å²) < 4.78 is 2.71. The first kappa shape index (κ1) is 17.8. The lowest BCUT2D eigenvalue weighted by atomic mass is 10.1. The van der Waals surface area contributed by atoms with Crippen LogP contribution < -0.4 is 11.1 Å². The lowest BCUT2D eigenvalue weighted by molar-refractivity contribution is 0.0942. The fourth-order valence-corrected chi connectivity index (χ4v) is 4.22. The van der Waals surface area contributed by atoms with Crippen LogP contribution in [0.15, 0.2) is 47.1 Å². The summed E-state index contributed by atoms with van der Waals surface area (Å²) in [5.41, 5.74) is 8.82. The number of nitrogens with one attached hydrogen (secondary N) is 1. The number of carbonyl (C=O) groups excluding carboxylic acids is 1. The van der Waals surface area contributed by atoms with Crippen molar-refractivity contribution in [3.8, 4) is 11.3 Å². The molecule has 3 aromatic rings. The highest BCUT2D eigenvalue weighted by Gasteiger charge is 2.20. The van der Waals surface area contributed by atoms with Crippen molar-refractivity contribution < 1.29 is 4.79 Å². The first-order chi connectivity index (χ1) is 12.0. The van der Waals surface area contributed by atoms with Crippen LogP contribution in [-0.4, -0.2) is 22.2 Å². The summed E-state index contributed by atoms with van der Waals surface area (Å²) in [4.78, 5) is 14.4. The van der Waals surface area contributed by atoms with Crippen LogP contribution in [0.5, 0.6) is 0 Å². The zero-order valence-corrected chi connectivity index (χ0v) is 16.4. The monoisotopic (exact) mass is 418 g/mol. The number of aryl methyl sites for hydroxylation is 2. The third kappa shape index (κ3) is 3.68. The van der Waals surface area contributed by atoms with Crippen molar-refractivity contribution in [2.24, 2.45) is 12.8 Å². The van der Waals surface area contributed by atoms with Gasteiger partial charge in [-0.1, -0.05) is 30.3 Å². The van der Waals surface area contributed by atoms with E-state index in [4.69, 9.17) is 5.73 Å². The molecule has 2 aromatic heterocycles. The Labute approximate surface area is 159 Å². The summed E-state index contributed by atoms with van der Waals surface area (Å²) in [5.74, 6) is -0.114. The Morgan fingerprint density at radius 3 is 2.72 bits per heavy atom. The molecule has 0 aliphatic rings. The maximum atomic E-state index is 12.7. The van der Waals surface area contributed by atoms with Gasteiger partial charge in [-0.25, -0.2) is 0 Å². The summed E-state index contributed by atoms with van der Waals surface area (Å²) in [5, 5.41) is 7.27. The average Bonchev–Trinajstić information content (AvgIpc) is 3.15. The first-order valence-electron chi connectivity index (χ1n) is 7.85. The minimum Gasteiger partial charge on any atom is -0.343 e. The van der Waals surface area contributed by atoms with Gasteiger partial charge >= 0.3 is 0 Å². The highest BCUT2D eigenvalue weighted by molar-refractivity contribution is 9.10. The van der Waals surface area contributed by atoms with E-state index in [2.05, 4.69) is 26.3 Å². The number of aromatic nitrogens is 2. The number of amides is 1. The molecule has 1 atom stereocenters. The fraction of sp³-hybridized carbons (Fsp3) is 0.222. The van der Waals surface area contributed by atoms with E-state index in [0.29, 0.717) is 11.4 Å². The molecule has 0 bridgehead atoms. The van der Waals surface area contributed by atoms with Gasteiger partial charge < -0.3 is 11.1 Å². The van der Waals surface area contributed by atoms with Crippen LogP contribution in [-0.2, 0) is 7.05 Å². The van der Waals surface area contributed by atoms with Crippen LogP contribution in [0.2, 0.25) is 0 Å². The number of halogens is 1. The number of carbonyl (C=O) groups is 1. The molecule has 5 nitrogen and oxygen atoms in total. The van der Waals surface area contributed by atoms with Gasteiger partial charge in [0.15, 0.2) is 0 Å². The second kappa shape index (κ2) is 7.51. The van der Waals surface area contributed by atoms with E-state index in [1.54, 1.807) is 10.9 Å². The van der Waals surface area contributed by atoms with Gasteiger partial charge in [-0.15, -0.1) is 11.3 Å². The quantitative estimate of drug-likeness (QED) is 0.663. The Morgan fingerprint density at radius 2 is 2.12 bits per heavy atom. The molecule has 3 N–H and O–H groups in total. The molecule has 1 aromatic carbocycles. The van der Waals surface area contributed by atoms with Gasteiger partial charge in [-0.3, -0.25) is 9.48 Å². The van der Waals surface area contributed by atoms with Crippen molar-refractivity contribution in [3.63, 3.8) is 0 Å². The summed E-state index contributed by atoms with van der Waals surface area (Å²) in [6.07, 6.45) is 1.76. The summed E-state index contributed by atoms with van der Waals surface area (Å²) in [7, 11) is 1.89. The molecule has 130 valence electrons. The van der Waals surface area contributed by atoms with Crippen LogP contribution in [0.1, 0.15) is 26.2 Å². The van der Waals surface area contributed by atoms with Crippen LogP contribution in [0, 0.1) is 6.92 Å². The Kier molecular flexibility index (Phi) is 5.36. The van der Waals surface area contributed by atoms with Crippen LogP contribution in [0.25, 0.3) is 11.3 Å². The van der Waals surface area contributed by atoms with E-state index in [9.17, 15) is 4.79 Å². The molecule has 0 spiro atoms. The molecule has 3 rings (SSSR count). The van der Waals surface area contributed by atoms with Crippen molar-refractivity contribution in [1.82, 2.24) is 15.1 Å². The maximum Gasteiger partial charge on any atom is 0.261 e. The molecule has 0 unspecified atom stereocenters. The molecule has 0 saturated heterocycles. The van der Waals surface area contributed by atoms with Gasteiger partial charge in [0.2, 0.25) is 0 Å². The second-order valence-corrected chi connectivity index (χ2v) is 7.83. The lowest BCUT2D eigenvalue weighted by Crippen LogP contribution is -2.32. The van der Waals surface area contributed by atoms with Gasteiger partial charge in [0.1, 0.15) is 0 Å². The second-order valence-electron chi connectivity index (χ2n) is 5.72. The molecule has 25 heavy (non-hydrogen) atoms. The van der Waals surface area contributed by atoms with E-state index in [1.165, 1.54) is 11.3 Å². The molecular formula is C18H19BrN4OS. The Balaban J connectivity index is 1.85. The largest absolute Gasteiger partial charge is 0.343 e. The molecule has 1 amide bonds. The molecule has 2 heterocycles. The summed E-state index contributed by atoms with van der Waals surface area (Å²) >= 11 is 4.99. The first-order valence-corrected chi connectivity index (χ1v) is 9.46. The lowest BCUT2D eigenvalue weighted by Gasteiger charge is -2.16. The Bertz CT molecular complexity index is 868. The van der Waals surface area contributed by atoms with Crippen LogP contribution in [0.3, 0.4) is 0 Å². The fourth-order valence-electron chi connectivity index (χ4n) is 2.74. The number of benzene rings is 1. The third-order valence-corrected chi connectivity index (χ3v) is 5.66. The molecule has 0 saturated carbocycles. The van der Waals surface area contributed by atoms with Gasteiger partial charge in [-0.2, -0.15) is 5.10 Å². The number of thiophene rings is 1. The van der Waals surface area contributed by atoms with E-state index < -0.39 is 0 Å². The number of hydrogen-bond donors (Lipinski definition) is 2. The molecule has 0 radical (unpaired) electrons. The molecule has 7 heteroatoms. The molecule has 0 aliphatic carbocycles. The molecule has 0 fully saturated rings. The van der Waals surface area contributed by atoms with E-state index in [1.807, 2.05) is 50.4 Å². The molecule has 0 aliphatic heterocycles. The maximum absolute atomic E-state index is 12.7. The third-order valence-electron chi connectivity index (χ3n) is 4.03. The van der Waals surface area contributed by atoms with Gasteiger partial charge in [0.05, 0.1) is 27.3 Å². The predicted molar refractivity (Wildman–Crippen MR) is 105 cm³/mol. The molecular weight excluding hydrogens is 400 g/mol. The van der Waals surface area contributed by atoms with Crippen molar-refractivity contribution in [2.75, 3.05) is 6.54 Å².